The van der Waals surface area contributed by atoms with Gasteiger partial charge < -0.3 is 29.0 Å². The number of benzene rings is 1. The number of rotatable bonds is 9. The van der Waals surface area contributed by atoms with Crippen molar-refractivity contribution in [1.29, 1.82) is 0 Å². The van der Waals surface area contributed by atoms with Gasteiger partial charge in [0.1, 0.15) is 0 Å². The Morgan fingerprint density at radius 2 is 2.00 bits per heavy atom. The molecule has 0 unspecified atom stereocenters. The Morgan fingerprint density at radius 1 is 1.23 bits per heavy atom. The third-order valence-electron chi connectivity index (χ3n) is 4.17. The third-order valence-corrected chi connectivity index (χ3v) is 4.17. The van der Waals surface area contributed by atoms with Gasteiger partial charge >= 0.3 is 5.97 Å². The molecule has 1 heterocycles. The Kier molecular flexibility index (Phi) is 7.23. The summed E-state index contributed by atoms with van der Waals surface area (Å²) in [5.41, 5.74) is 0.439. The van der Waals surface area contributed by atoms with Crippen LogP contribution in [0.4, 0.5) is 0 Å². The molecule has 1 aromatic carbocycles. The number of carbonyl (C=O) groups excluding carboxylic acids is 1. The van der Waals surface area contributed by atoms with Crippen LogP contribution in [0, 0.1) is 0 Å². The highest BCUT2D eigenvalue weighted by Crippen LogP contribution is 2.30. The Labute approximate surface area is 152 Å². The van der Waals surface area contributed by atoms with E-state index in [4.69, 9.17) is 24.1 Å². The lowest BCUT2D eigenvalue weighted by Gasteiger charge is -2.24. The van der Waals surface area contributed by atoms with E-state index in [1.54, 1.807) is 44.2 Å². The molecule has 0 aromatic heterocycles. The number of nitrogens with zero attached hydrogens (tertiary/aromatic N) is 1. The van der Waals surface area contributed by atoms with Gasteiger partial charge in [0.15, 0.2) is 18.1 Å². The van der Waals surface area contributed by atoms with Crippen LogP contribution in [0.3, 0.4) is 0 Å². The van der Waals surface area contributed by atoms with E-state index < -0.39 is 12.6 Å². The van der Waals surface area contributed by atoms with Crippen molar-refractivity contribution in [2.24, 2.45) is 0 Å². The average Bonchev–Trinajstić information content (AvgIpc) is 3.03. The van der Waals surface area contributed by atoms with Crippen LogP contribution in [0.1, 0.15) is 23.7 Å². The highest BCUT2D eigenvalue weighted by atomic mass is 16.5. The van der Waals surface area contributed by atoms with Crippen LogP contribution in [-0.4, -0.2) is 74.6 Å². The second-order valence-corrected chi connectivity index (χ2v) is 5.94. The standard InChI is InChI=1S/C18H25NO7/c1-4-25-16-7-12(5-6-15(16)26-11-17(20)21)18(22)19-9-14(24-3)8-13(19)10-23-2/h5-7,13-14H,4,8-11H2,1-3H3,(H,20,21)/t13-,14-/m0/s1. The van der Waals surface area contributed by atoms with E-state index in [0.29, 0.717) is 37.5 Å². The summed E-state index contributed by atoms with van der Waals surface area (Å²) in [7, 11) is 3.23. The largest absolute Gasteiger partial charge is 0.490 e. The maximum absolute atomic E-state index is 13.0. The van der Waals surface area contributed by atoms with Crippen molar-refractivity contribution in [2.45, 2.75) is 25.5 Å². The molecule has 1 aliphatic heterocycles. The lowest BCUT2D eigenvalue weighted by Crippen LogP contribution is -2.38. The van der Waals surface area contributed by atoms with Crippen molar-refractivity contribution in [3.8, 4) is 11.5 Å². The summed E-state index contributed by atoms with van der Waals surface area (Å²) in [5.74, 6) is -0.615. The van der Waals surface area contributed by atoms with Gasteiger partial charge in [-0.2, -0.15) is 0 Å². The number of methoxy groups -OCH3 is 2. The van der Waals surface area contributed by atoms with Crippen LogP contribution in [0.2, 0.25) is 0 Å². The summed E-state index contributed by atoms with van der Waals surface area (Å²) in [6.07, 6.45) is 0.692. The number of likely N-dealkylation sites (tertiary alicyclic amines) is 1. The normalized spacial score (nSPS) is 19.4. The van der Waals surface area contributed by atoms with E-state index in [9.17, 15) is 9.59 Å². The number of carboxylic acids is 1. The Hall–Kier alpha value is -2.32. The molecule has 1 N–H and O–H groups in total. The van der Waals surface area contributed by atoms with Crippen molar-refractivity contribution in [3.05, 3.63) is 23.8 Å². The molecule has 8 nitrogen and oxygen atoms in total. The minimum absolute atomic E-state index is 0.0244. The zero-order chi connectivity index (χ0) is 19.1. The molecule has 0 saturated carbocycles. The van der Waals surface area contributed by atoms with E-state index in [-0.39, 0.29) is 23.8 Å². The summed E-state index contributed by atoms with van der Waals surface area (Å²) in [6.45, 7) is 2.61. The number of carbonyl (C=O) groups is 2. The molecule has 1 aromatic rings. The molecule has 0 bridgehead atoms. The summed E-state index contributed by atoms with van der Waals surface area (Å²) in [5, 5.41) is 8.76. The van der Waals surface area contributed by atoms with Crippen LogP contribution in [0.25, 0.3) is 0 Å². The molecule has 1 saturated heterocycles. The monoisotopic (exact) mass is 367 g/mol. The van der Waals surface area contributed by atoms with Gasteiger partial charge in [-0.3, -0.25) is 4.79 Å². The molecule has 8 heteroatoms. The minimum atomic E-state index is -1.09. The quantitative estimate of drug-likeness (QED) is 0.705. The van der Waals surface area contributed by atoms with Gasteiger partial charge in [-0.25, -0.2) is 4.79 Å². The van der Waals surface area contributed by atoms with Gasteiger partial charge in [0.25, 0.3) is 5.91 Å². The Bertz CT molecular complexity index is 634. The molecule has 0 radical (unpaired) electrons. The zero-order valence-corrected chi connectivity index (χ0v) is 15.3. The van der Waals surface area contributed by atoms with Crippen LogP contribution >= 0.6 is 0 Å². The summed E-state index contributed by atoms with van der Waals surface area (Å²) >= 11 is 0. The molecular weight excluding hydrogens is 342 g/mol. The second-order valence-electron chi connectivity index (χ2n) is 5.94. The number of hydrogen-bond acceptors (Lipinski definition) is 6. The van der Waals surface area contributed by atoms with E-state index in [1.165, 1.54) is 0 Å². The molecule has 144 valence electrons. The molecule has 2 atom stereocenters. The zero-order valence-electron chi connectivity index (χ0n) is 15.3. The average molecular weight is 367 g/mol. The van der Waals surface area contributed by atoms with Gasteiger partial charge in [0.2, 0.25) is 0 Å². The molecule has 0 spiro atoms. The SMILES string of the molecule is CCOc1cc(C(=O)N2C[C@@H](OC)C[C@H]2COC)ccc1OCC(=O)O. The first-order chi connectivity index (χ1) is 12.5. The molecule has 2 rings (SSSR count). The molecule has 0 aliphatic carbocycles. The highest BCUT2D eigenvalue weighted by Gasteiger charge is 2.36. The molecular formula is C18H25NO7. The van der Waals surface area contributed by atoms with Crippen LogP contribution in [-0.2, 0) is 14.3 Å². The van der Waals surface area contributed by atoms with E-state index in [2.05, 4.69) is 0 Å². The minimum Gasteiger partial charge on any atom is -0.490 e. The number of carboxylic acid groups (broad SMARTS) is 1. The van der Waals surface area contributed by atoms with Gasteiger partial charge in [0.05, 0.1) is 25.4 Å². The first kappa shape index (κ1) is 20.0. The van der Waals surface area contributed by atoms with Crippen LogP contribution in [0.15, 0.2) is 18.2 Å². The number of ether oxygens (including phenoxy) is 4. The molecule has 1 fully saturated rings. The van der Waals surface area contributed by atoms with Crippen LogP contribution < -0.4 is 9.47 Å². The second kappa shape index (κ2) is 9.40. The van der Waals surface area contributed by atoms with Crippen molar-refractivity contribution >= 4 is 11.9 Å². The maximum Gasteiger partial charge on any atom is 0.341 e. The molecule has 26 heavy (non-hydrogen) atoms. The number of amides is 1. The first-order valence-corrected chi connectivity index (χ1v) is 8.44. The van der Waals surface area contributed by atoms with Crippen molar-refractivity contribution in [2.75, 3.05) is 40.6 Å². The van der Waals surface area contributed by atoms with Crippen LogP contribution in [0.5, 0.6) is 11.5 Å². The van der Waals surface area contributed by atoms with Crippen molar-refractivity contribution in [1.82, 2.24) is 4.90 Å². The van der Waals surface area contributed by atoms with Gasteiger partial charge in [-0.1, -0.05) is 0 Å². The summed E-state index contributed by atoms with van der Waals surface area (Å²) in [6, 6.07) is 4.67. The fourth-order valence-electron chi connectivity index (χ4n) is 2.98. The number of hydrogen-bond donors (Lipinski definition) is 1. The van der Waals surface area contributed by atoms with E-state index >= 15 is 0 Å². The predicted octanol–water partition coefficient (Wildman–Crippen LogP) is 1.42. The summed E-state index contributed by atoms with van der Waals surface area (Å²) < 4.78 is 21.3. The Morgan fingerprint density at radius 3 is 2.62 bits per heavy atom. The van der Waals surface area contributed by atoms with E-state index in [0.717, 1.165) is 0 Å². The summed E-state index contributed by atoms with van der Waals surface area (Å²) in [4.78, 5) is 25.4. The lowest BCUT2D eigenvalue weighted by atomic mass is 10.1. The predicted molar refractivity (Wildman–Crippen MR) is 92.9 cm³/mol. The highest BCUT2D eigenvalue weighted by molar-refractivity contribution is 5.95. The first-order valence-electron chi connectivity index (χ1n) is 8.44. The van der Waals surface area contributed by atoms with E-state index in [1.807, 2.05) is 0 Å². The topological polar surface area (TPSA) is 94.5 Å². The molecule has 1 amide bonds. The van der Waals surface area contributed by atoms with Crippen molar-refractivity contribution < 1.29 is 33.6 Å². The van der Waals surface area contributed by atoms with Crippen molar-refractivity contribution in [3.63, 3.8) is 0 Å². The lowest BCUT2D eigenvalue weighted by molar-refractivity contribution is -0.139. The molecule has 1 aliphatic rings. The fraction of sp³-hybridized carbons (Fsp3) is 0.556. The third kappa shape index (κ3) is 4.86. The maximum atomic E-state index is 13.0. The Balaban J connectivity index is 2.21. The number of aliphatic carboxylic acids is 1. The smallest absolute Gasteiger partial charge is 0.341 e. The van der Waals surface area contributed by atoms with Gasteiger partial charge in [0, 0.05) is 26.3 Å². The van der Waals surface area contributed by atoms with Gasteiger partial charge in [-0.05, 0) is 31.5 Å². The fourth-order valence-corrected chi connectivity index (χ4v) is 2.98. The van der Waals surface area contributed by atoms with Gasteiger partial charge in [-0.15, -0.1) is 0 Å².